The Bertz CT molecular complexity index is 320. The molecule has 1 aromatic carbocycles. The molecule has 0 saturated heterocycles. The molecule has 0 aromatic heterocycles. The Morgan fingerprint density at radius 3 is 2.42 bits per heavy atom. The fraction of sp³-hybridized carbons (Fsp3) is 0.167. The Hall–Kier alpha value is -1.48. The quantitative estimate of drug-likeness (QED) is 0.548. The summed E-state index contributed by atoms with van der Waals surface area (Å²) in [6.07, 6.45) is 2.03. The van der Waals surface area contributed by atoms with E-state index in [9.17, 15) is 0 Å². The van der Waals surface area contributed by atoms with Crippen molar-refractivity contribution in [3.05, 3.63) is 42.0 Å². The molecule has 0 aliphatic heterocycles. The normalized spacial score (nSPS) is 10.3. The van der Waals surface area contributed by atoms with Crippen LogP contribution in [0.5, 0.6) is 0 Å². The lowest BCUT2D eigenvalue weighted by molar-refractivity contribution is 1.61. The van der Waals surface area contributed by atoms with Crippen LogP contribution in [0, 0.1) is 11.8 Å². The van der Waals surface area contributed by atoms with E-state index in [1.165, 1.54) is 5.56 Å². The number of hydrogen-bond acceptors (Lipinski definition) is 0. The lowest BCUT2D eigenvalue weighted by Gasteiger charge is -1.97. The number of allylic oxidation sites excluding steroid dienone is 2. The molecule has 0 bridgehead atoms. The summed E-state index contributed by atoms with van der Waals surface area (Å²) in [4.78, 5) is 0. The van der Waals surface area contributed by atoms with Crippen molar-refractivity contribution in [2.45, 2.75) is 13.8 Å². The SMILES string of the molecule is CC#C/C(=C\C)c1ccccc1. The first-order chi connectivity index (χ1) is 5.88. The third-order valence-electron chi connectivity index (χ3n) is 1.63. The van der Waals surface area contributed by atoms with Gasteiger partial charge in [0.2, 0.25) is 0 Å². The van der Waals surface area contributed by atoms with Gasteiger partial charge in [-0.1, -0.05) is 42.3 Å². The van der Waals surface area contributed by atoms with Crippen LogP contribution in [0.25, 0.3) is 5.57 Å². The zero-order valence-corrected chi connectivity index (χ0v) is 7.46. The Balaban J connectivity index is 3.02. The molecule has 1 aromatic rings. The summed E-state index contributed by atoms with van der Waals surface area (Å²) in [6.45, 7) is 3.86. The van der Waals surface area contributed by atoms with Gasteiger partial charge in [0, 0.05) is 5.57 Å². The predicted octanol–water partition coefficient (Wildman–Crippen LogP) is 3.11. The zero-order chi connectivity index (χ0) is 8.81. The Kier molecular flexibility index (Phi) is 3.17. The molecule has 0 heterocycles. The van der Waals surface area contributed by atoms with Crippen molar-refractivity contribution in [1.82, 2.24) is 0 Å². The average molecular weight is 156 g/mol. The monoisotopic (exact) mass is 156 g/mol. The minimum atomic E-state index is 1.10. The summed E-state index contributed by atoms with van der Waals surface area (Å²) in [5.74, 6) is 5.96. The second-order valence-corrected chi connectivity index (χ2v) is 2.44. The van der Waals surface area contributed by atoms with Gasteiger partial charge in [0.15, 0.2) is 0 Å². The molecule has 0 unspecified atom stereocenters. The lowest BCUT2D eigenvalue weighted by atomic mass is 10.1. The highest BCUT2D eigenvalue weighted by Crippen LogP contribution is 2.11. The molecule has 0 heteroatoms. The smallest absolute Gasteiger partial charge is 0.0274 e. The van der Waals surface area contributed by atoms with Crippen LogP contribution in [0.15, 0.2) is 36.4 Å². The van der Waals surface area contributed by atoms with Gasteiger partial charge in [-0.3, -0.25) is 0 Å². The highest BCUT2D eigenvalue weighted by molar-refractivity contribution is 5.78. The van der Waals surface area contributed by atoms with Gasteiger partial charge in [-0.05, 0) is 19.4 Å². The van der Waals surface area contributed by atoms with Crippen molar-refractivity contribution in [3.8, 4) is 11.8 Å². The highest BCUT2D eigenvalue weighted by atomic mass is 14.0. The van der Waals surface area contributed by atoms with Gasteiger partial charge in [0.05, 0.1) is 0 Å². The fourth-order valence-electron chi connectivity index (χ4n) is 1.06. The summed E-state index contributed by atoms with van der Waals surface area (Å²) in [7, 11) is 0. The Morgan fingerprint density at radius 1 is 1.25 bits per heavy atom. The predicted molar refractivity (Wildman–Crippen MR) is 53.5 cm³/mol. The van der Waals surface area contributed by atoms with Gasteiger partial charge in [0.1, 0.15) is 0 Å². The van der Waals surface area contributed by atoms with Crippen LogP contribution in [0.3, 0.4) is 0 Å². The minimum absolute atomic E-state index is 1.10. The Morgan fingerprint density at radius 2 is 1.92 bits per heavy atom. The van der Waals surface area contributed by atoms with Crippen LogP contribution < -0.4 is 0 Å². The molecule has 0 aliphatic carbocycles. The zero-order valence-electron chi connectivity index (χ0n) is 7.46. The van der Waals surface area contributed by atoms with Gasteiger partial charge in [-0.25, -0.2) is 0 Å². The van der Waals surface area contributed by atoms with Gasteiger partial charge in [-0.2, -0.15) is 0 Å². The molecule has 0 saturated carbocycles. The lowest BCUT2D eigenvalue weighted by Crippen LogP contribution is -1.78. The molecular weight excluding hydrogens is 144 g/mol. The van der Waals surface area contributed by atoms with Crippen LogP contribution >= 0.6 is 0 Å². The molecule has 0 atom stereocenters. The molecule has 60 valence electrons. The molecule has 12 heavy (non-hydrogen) atoms. The van der Waals surface area contributed by atoms with E-state index in [2.05, 4.69) is 24.0 Å². The molecule has 0 nitrogen and oxygen atoms in total. The van der Waals surface area contributed by atoms with Gasteiger partial charge >= 0.3 is 0 Å². The molecule has 0 aliphatic rings. The molecule has 0 N–H and O–H groups in total. The average Bonchev–Trinajstić information content (AvgIpc) is 2.15. The first-order valence-electron chi connectivity index (χ1n) is 4.03. The van der Waals surface area contributed by atoms with E-state index in [1.807, 2.05) is 38.1 Å². The van der Waals surface area contributed by atoms with Crippen LogP contribution in [-0.4, -0.2) is 0 Å². The maximum atomic E-state index is 3.06. The maximum absolute atomic E-state index is 3.06. The van der Waals surface area contributed by atoms with Crippen molar-refractivity contribution in [1.29, 1.82) is 0 Å². The second-order valence-electron chi connectivity index (χ2n) is 2.44. The highest BCUT2D eigenvalue weighted by Gasteiger charge is 1.92. The minimum Gasteiger partial charge on any atom is -0.101 e. The first kappa shape index (κ1) is 8.62. The number of hydrogen-bond donors (Lipinski definition) is 0. The largest absolute Gasteiger partial charge is 0.101 e. The third-order valence-corrected chi connectivity index (χ3v) is 1.63. The van der Waals surface area contributed by atoms with Crippen LogP contribution in [0.2, 0.25) is 0 Å². The Labute approximate surface area is 73.9 Å². The summed E-state index contributed by atoms with van der Waals surface area (Å²) in [5.41, 5.74) is 2.28. The summed E-state index contributed by atoms with van der Waals surface area (Å²) >= 11 is 0. The molecule has 0 amide bonds. The van der Waals surface area contributed by atoms with Crippen molar-refractivity contribution in [2.75, 3.05) is 0 Å². The molecule has 1 rings (SSSR count). The van der Waals surface area contributed by atoms with Crippen LogP contribution in [0.1, 0.15) is 19.4 Å². The third kappa shape index (κ3) is 2.00. The standard InChI is InChI=1S/C12H12/c1-3-8-11(4-2)12-9-6-5-7-10-12/h4-7,9-10H,1-2H3/b11-4+. The van der Waals surface area contributed by atoms with E-state index >= 15 is 0 Å². The van der Waals surface area contributed by atoms with Gasteiger partial charge in [-0.15, -0.1) is 5.92 Å². The van der Waals surface area contributed by atoms with E-state index in [0.29, 0.717) is 0 Å². The summed E-state index contributed by atoms with van der Waals surface area (Å²) in [6, 6.07) is 10.2. The first-order valence-corrected chi connectivity index (χ1v) is 4.03. The number of rotatable bonds is 1. The van der Waals surface area contributed by atoms with E-state index in [-0.39, 0.29) is 0 Å². The van der Waals surface area contributed by atoms with E-state index in [0.717, 1.165) is 5.57 Å². The van der Waals surface area contributed by atoms with Gasteiger partial charge in [0.25, 0.3) is 0 Å². The molecular formula is C12H12. The fourth-order valence-corrected chi connectivity index (χ4v) is 1.06. The van der Waals surface area contributed by atoms with Crippen LogP contribution in [0.4, 0.5) is 0 Å². The second kappa shape index (κ2) is 4.41. The maximum Gasteiger partial charge on any atom is 0.0274 e. The van der Waals surface area contributed by atoms with E-state index in [4.69, 9.17) is 0 Å². The molecule has 0 fully saturated rings. The number of benzene rings is 1. The van der Waals surface area contributed by atoms with Crippen molar-refractivity contribution < 1.29 is 0 Å². The molecule has 0 radical (unpaired) electrons. The van der Waals surface area contributed by atoms with Gasteiger partial charge < -0.3 is 0 Å². The van der Waals surface area contributed by atoms with Crippen molar-refractivity contribution >= 4 is 5.57 Å². The summed E-state index contributed by atoms with van der Waals surface area (Å²) < 4.78 is 0. The molecule has 0 spiro atoms. The van der Waals surface area contributed by atoms with E-state index < -0.39 is 0 Å². The summed E-state index contributed by atoms with van der Waals surface area (Å²) in [5, 5.41) is 0. The van der Waals surface area contributed by atoms with E-state index in [1.54, 1.807) is 0 Å². The van der Waals surface area contributed by atoms with Crippen LogP contribution in [-0.2, 0) is 0 Å². The van der Waals surface area contributed by atoms with Crippen molar-refractivity contribution in [2.24, 2.45) is 0 Å². The topological polar surface area (TPSA) is 0 Å². The van der Waals surface area contributed by atoms with Crippen molar-refractivity contribution in [3.63, 3.8) is 0 Å².